The van der Waals surface area contributed by atoms with Crippen LogP contribution in [0, 0.1) is 0 Å². The Morgan fingerprint density at radius 1 is 1.26 bits per heavy atom. The van der Waals surface area contributed by atoms with Gasteiger partial charge in [-0.2, -0.15) is 0 Å². The fraction of sp³-hybridized carbons (Fsp3) is 0.467. The van der Waals surface area contributed by atoms with Crippen molar-refractivity contribution in [3.8, 4) is 5.75 Å². The Morgan fingerprint density at radius 2 is 1.89 bits per heavy atom. The first-order valence-corrected chi connectivity index (χ1v) is 6.63. The molecule has 0 unspecified atom stereocenters. The van der Waals surface area contributed by atoms with E-state index in [1.807, 2.05) is 0 Å². The summed E-state index contributed by atoms with van der Waals surface area (Å²) in [5.74, 6) is 0.110. The van der Waals surface area contributed by atoms with E-state index >= 15 is 0 Å². The zero-order valence-corrected chi connectivity index (χ0v) is 11.1. The highest BCUT2D eigenvalue weighted by atomic mass is 16.6. The van der Waals surface area contributed by atoms with Crippen molar-refractivity contribution in [1.29, 1.82) is 0 Å². The molecular formula is C15H18O4. The first-order valence-electron chi connectivity index (χ1n) is 6.63. The highest BCUT2D eigenvalue weighted by Gasteiger charge is 2.36. The van der Waals surface area contributed by atoms with Crippen LogP contribution < -0.4 is 4.74 Å². The lowest BCUT2D eigenvalue weighted by molar-refractivity contribution is -0.120. The van der Waals surface area contributed by atoms with Gasteiger partial charge in [0.2, 0.25) is 0 Å². The molecule has 0 saturated heterocycles. The number of rotatable bonds is 5. The molecule has 4 nitrogen and oxygen atoms in total. The van der Waals surface area contributed by atoms with Crippen molar-refractivity contribution < 1.29 is 19.1 Å². The summed E-state index contributed by atoms with van der Waals surface area (Å²) in [7, 11) is 0. The summed E-state index contributed by atoms with van der Waals surface area (Å²) in [4.78, 5) is 22.3. The lowest BCUT2D eigenvalue weighted by Gasteiger charge is -2.27. The van der Waals surface area contributed by atoms with Gasteiger partial charge in [-0.3, -0.25) is 4.79 Å². The van der Waals surface area contributed by atoms with Crippen LogP contribution in [0.25, 0.3) is 0 Å². The lowest BCUT2D eigenvalue weighted by Crippen LogP contribution is -2.31. The summed E-state index contributed by atoms with van der Waals surface area (Å²) in [6.45, 7) is 2.41. The molecule has 0 aromatic heterocycles. The Morgan fingerprint density at radius 3 is 2.42 bits per heavy atom. The second kappa shape index (κ2) is 5.87. The van der Waals surface area contributed by atoms with Crippen molar-refractivity contribution in [3.05, 3.63) is 29.8 Å². The summed E-state index contributed by atoms with van der Waals surface area (Å²) in [6, 6.07) is 6.38. The number of carbonyl (C=O) groups is 2. The molecule has 19 heavy (non-hydrogen) atoms. The Labute approximate surface area is 112 Å². The van der Waals surface area contributed by atoms with Gasteiger partial charge >= 0.3 is 5.97 Å². The zero-order chi connectivity index (χ0) is 13.7. The van der Waals surface area contributed by atoms with Crippen LogP contribution in [0.5, 0.6) is 5.75 Å². The predicted octanol–water partition coefficient (Wildman–Crippen LogP) is 3.10. The summed E-state index contributed by atoms with van der Waals surface area (Å²) >= 11 is 0. The molecule has 1 aliphatic carbocycles. The normalized spacial score (nSPS) is 16.9. The van der Waals surface area contributed by atoms with Crippen molar-refractivity contribution in [3.63, 3.8) is 0 Å². The Balaban J connectivity index is 2.04. The topological polar surface area (TPSA) is 52.6 Å². The van der Waals surface area contributed by atoms with Gasteiger partial charge in [-0.15, -0.1) is 0 Å². The van der Waals surface area contributed by atoms with Gasteiger partial charge in [0.15, 0.2) is 0 Å². The third-order valence-electron chi connectivity index (χ3n) is 3.74. The molecule has 0 amide bonds. The van der Waals surface area contributed by atoms with E-state index in [1.165, 1.54) is 0 Å². The third-order valence-corrected chi connectivity index (χ3v) is 3.74. The van der Waals surface area contributed by atoms with Crippen molar-refractivity contribution in [2.45, 2.75) is 44.6 Å². The molecule has 2 rings (SSSR count). The summed E-state index contributed by atoms with van der Waals surface area (Å²) < 4.78 is 10.4. The van der Waals surface area contributed by atoms with Gasteiger partial charge in [-0.05, 0) is 56.4 Å². The third kappa shape index (κ3) is 3.13. The molecule has 0 spiro atoms. The Hall–Kier alpha value is -1.84. The highest BCUT2D eigenvalue weighted by molar-refractivity contribution is 5.89. The number of hydrogen-bond donors (Lipinski definition) is 0. The number of benzene rings is 1. The van der Waals surface area contributed by atoms with Crippen LogP contribution in [0.3, 0.4) is 0 Å². The van der Waals surface area contributed by atoms with Crippen LogP contribution in [0.15, 0.2) is 24.3 Å². The maximum absolute atomic E-state index is 12.1. The van der Waals surface area contributed by atoms with Crippen LogP contribution in [-0.4, -0.2) is 18.0 Å². The lowest BCUT2D eigenvalue weighted by atomic mass is 9.98. The quantitative estimate of drug-likeness (QED) is 0.604. The number of esters is 1. The van der Waals surface area contributed by atoms with Gasteiger partial charge in [0.05, 0.1) is 5.56 Å². The van der Waals surface area contributed by atoms with Crippen LogP contribution in [0.4, 0.5) is 0 Å². The maximum atomic E-state index is 12.1. The highest BCUT2D eigenvalue weighted by Crippen LogP contribution is 2.36. The predicted molar refractivity (Wildman–Crippen MR) is 70.0 cm³/mol. The molecule has 1 aromatic carbocycles. The second-order valence-corrected chi connectivity index (χ2v) is 4.87. The largest absolute Gasteiger partial charge is 0.455 e. The Kier molecular flexibility index (Phi) is 4.20. The average Bonchev–Trinajstić information content (AvgIpc) is 2.89. The van der Waals surface area contributed by atoms with Crippen LogP contribution >= 0.6 is 0 Å². The molecule has 0 bridgehead atoms. The maximum Gasteiger partial charge on any atom is 0.338 e. The van der Waals surface area contributed by atoms with Gasteiger partial charge in [-0.25, -0.2) is 4.79 Å². The van der Waals surface area contributed by atoms with Crippen molar-refractivity contribution in [1.82, 2.24) is 0 Å². The second-order valence-electron chi connectivity index (χ2n) is 4.87. The molecule has 0 radical (unpaired) electrons. The molecule has 0 aliphatic heterocycles. The molecule has 1 fully saturated rings. The van der Waals surface area contributed by atoms with E-state index in [1.54, 1.807) is 24.3 Å². The summed E-state index contributed by atoms with van der Waals surface area (Å²) in [6.07, 6.45) is 4.98. The van der Waals surface area contributed by atoms with Crippen molar-refractivity contribution in [2.75, 3.05) is 0 Å². The molecule has 1 aromatic rings. The molecule has 0 heterocycles. The van der Waals surface area contributed by atoms with E-state index in [4.69, 9.17) is 4.74 Å². The van der Waals surface area contributed by atoms with E-state index in [2.05, 4.69) is 11.7 Å². The van der Waals surface area contributed by atoms with Gasteiger partial charge in [-0.1, -0.05) is 6.92 Å². The zero-order valence-electron chi connectivity index (χ0n) is 11.1. The number of hydrogen-bond acceptors (Lipinski definition) is 4. The van der Waals surface area contributed by atoms with Crippen LogP contribution in [0.1, 0.15) is 49.4 Å². The van der Waals surface area contributed by atoms with E-state index in [9.17, 15) is 9.59 Å². The molecule has 102 valence electrons. The van der Waals surface area contributed by atoms with E-state index in [0.29, 0.717) is 17.8 Å². The smallest absolute Gasteiger partial charge is 0.338 e. The molecule has 1 aliphatic rings. The number of carbonyl (C=O) groups excluding carboxylic acids is 2. The molecule has 0 atom stereocenters. The van der Waals surface area contributed by atoms with E-state index < -0.39 is 0 Å². The first-order chi connectivity index (χ1) is 9.19. The monoisotopic (exact) mass is 262 g/mol. The van der Waals surface area contributed by atoms with Gasteiger partial charge in [0.1, 0.15) is 11.4 Å². The van der Waals surface area contributed by atoms with Gasteiger partial charge < -0.3 is 9.47 Å². The molecule has 0 N–H and O–H groups in total. The molecular weight excluding hydrogens is 244 g/mol. The fourth-order valence-corrected chi connectivity index (χ4v) is 2.53. The van der Waals surface area contributed by atoms with Gasteiger partial charge in [0, 0.05) is 0 Å². The Bertz CT molecular complexity index is 444. The molecule has 1 saturated carbocycles. The van der Waals surface area contributed by atoms with Crippen molar-refractivity contribution in [2.24, 2.45) is 0 Å². The molecule has 4 heteroatoms. The van der Waals surface area contributed by atoms with Gasteiger partial charge in [0.25, 0.3) is 6.47 Å². The average molecular weight is 262 g/mol. The number of ether oxygens (including phenoxy) is 2. The fourth-order valence-electron chi connectivity index (χ4n) is 2.53. The SMILES string of the molecule is CCC1(OC(=O)c2ccc(OC=O)cc2)CCCC1. The summed E-state index contributed by atoms with van der Waals surface area (Å²) in [5.41, 5.74) is 0.202. The minimum Gasteiger partial charge on any atom is -0.455 e. The van der Waals surface area contributed by atoms with Crippen LogP contribution in [-0.2, 0) is 9.53 Å². The van der Waals surface area contributed by atoms with Crippen LogP contribution in [0.2, 0.25) is 0 Å². The van der Waals surface area contributed by atoms with E-state index in [-0.39, 0.29) is 11.6 Å². The van der Waals surface area contributed by atoms with Crippen molar-refractivity contribution >= 4 is 12.4 Å². The minimum atomic E-state index is -0.304. The summed E-state index contributed by atoms with van der Waals surface area (Å²) in [5, 5.41) is 0. The van der Waals surface area contributed by atoms with E-state index in [0.717, 1.165) is 32.1 Å². The first kappa shape index (κ1) is 13.6. The minimum absolute atomic E-state index is 0.283. The standard InChI is InChI=1S/C15H18O4/c1-2-15(9-3-4-10-15)19-14(17)12-5-7-13(8-6-12)18-11-16/h5-8,11H,2-4,9-10H2,1H3.